The number of carbonyl (C=O) groups is 2. The third-order valence-electron chi connectivity index (χ3n) is 5.29. The minimum absolute atomic E-state index is 0.0170. The molecule has 2 aromatic heterocycles. The molecule has 0 unspecified atom stereocenters. The van der Waals surface area contributed by atoms with Gasteiger partial charge in [0.1, 0.15) is 0 Å². The molecule has 0 spiro atoms. The van der Waals surface area contributed by atoms with Gasteiger partial charge in [0, 0.05) is 43.4 Å². The van der Waals surface area contributed by atoms with E-state index in [9.17, 15) is 9.59 Å². The molecule has 1 aliphatic rings. The summed E-state index contributed by atoms with van der Waals surface area (Å²) in [5, 5.41) is 14.4. The molecule has 1 N–H and O–H groups in total. The van der Waals surface area contributed by atoms with Gasteiger partial charge in [-0.1, -0.05) is 18.2 Å². The molecule has 7 nitrogen and oxygen atoms in total. The van der Waals surface area contributed by atoms with E-state index in [-0.39, 0.29) is 17.5 Å². The zero-order chi connectivity index (χ0) is 19.0. The summed E-state index contributed by atoms with van der Waals surface area (Å²) in [5.41, 5.74) is 2.33. The van der Waals surface area contributed by atoms with Crippen LogP contribution in [0.1, 0.15) is 34.8 Å². The Kier molecular flexibility index (Phi) is 4.43. The van der Waals surface area contributed by atoms with E-state index in [1.54, 1.807) is 10.9 Å². The van der Waals surface area contributed by atoms with Gasteiger partial charge in [0.05, 0.1) is 24.2 Å². The number of carbonyl (C=O) groups excluding carboxylic acids is 1. The Morgan fingerprint density at radius 1 is 1.26 bits per heavy atom. The molecule has 1 saturated heterocycles. The lowest BCUT2D eigenvalue weighted by atomic mass is 10.0. The Morgan fingerprint density at radius 3 is 2.85 bits per heavy atom. The molecule has 1 fully saturated rings. The smallest absolute Gasteiger partial charge is 0.338 e. The predicted molar refractivity (Wildman–Crippen MR) is 101 cm³/mol. The Morgan fingerprint density at radius 2 is 2.07 bits per heavy atom. The minimum Gasteiger partial charge on any atom is -0.478 e. The normalized spacial score (nSPS) is 17.4. The molecule has 1 atom stereocenters. The standard InChI is InChI=1S/C20H22N4O3/c1-22-11-14(17-6-2-3-7-18(17)22)9-19(25)23-8-4-5-16(13-23)24-12-15(10-21-24)20(26)27/h2-3,6-7,10-12,16H,4-5,8-9,13H2,1H3,(H,26,27)/t16-/m1/s1. The van der Waals surface area contributed by atoms with E-state index < -0.39 is 5.97 Å². The summed E-state index contributed by atoms with van der Waals surface area (Å²) >= 11 is 0. The molecule has 3 aromatic rings. The van der Waals surface area contributed by atoms with Gasteiger partial charge < -0.3 is 14.6 Å². The largest absolute Gasteiger partial charge is 0.478 e. The minimum atomic E-state index is -0.985. The van der Waals surface area contributed by atoms with Crippen LogP contribution < -0.4 is 0 Å². The molecule has 1 amide bonds. The topological polar surface area (TPSA) is 80.4 Å². The van der Waals surface area contributed by atoms with E-state index in [0.717, 1.165) is 35.9 Å². The Hall–Kier alpha value is -3.09. The van der Waals surface area contributed by atoms with Crippen molar-refractivity contribution >= 4 is 22.8 Å². The average Bonchev–Trinajstić information content (AvgIpc) is 3.28. The van der Waals surface area contributed by atoms with Crippen LogP contribution in [0.3, 0.4) is 0 Å². The molecule has 27 heavy (non-hydrogen) atoms. The lowest BCUT2D eigenvalue weighted by Gasteiger charge is -2.33. The quantitative estimate of drug-likeness (QED) is 0.769. The summed E-state index contributed by atoms with van der Waals surface area (Å²) in [6.45, 7) is 1.29. The van der Waals surface area contributed by atoms with Crippen molar-refractivity contribution < 1.29 is 14.7 Å². The van der Waals surface area contributed by atoms with Crippen molar-refractivity contribution in [3.05, 3.63) is 54.0 Å². The van der Waals surface area contributed by atoms with Crippen LogP contribution in [0.15, 0.2) is 42.9 Å². The van der Waals surface area contributed by atoms with Crippen LogP contribution in [0.2, 0.25) is 0 Å². The highest BCUT2D eigenvalue weighted by atomic mass is 16.4. The lowest BCUT2D eigenvalue weighted by Crippen LogP contribution is -2.41. The number of carboxylic acid groups (broad SMARTS) is 1. The van der Waals surface area contributed by atoms with Crippen molar-refractivity contribution in [1.82, 2.24) is 19.2 Å². The molecular weight excluding hydrogens is 344 g/mol. The average molecular weight is 366 g/mol. The van der Waals surface area contributed by atoms with Crippen LogP contribution in [0.5, 0.6) is 0 Å². The van der Waals surface area contributed by atoms with Gasteiger partial charge in [0.25, 0.3) is 0 Å². The van der Waals surface area contributed by atoms with Gasteiger partial charge in [-0.3, -0.25) is 9.48 Å². The lowest BCUT2D eigenvalue weighted by molar-refractivity contribution is -0.132. The number of carboxylic acids is 1. The van der Waals surface area contributed by atoms with Crippen LogP contribution in [0, 0.1) is 0 Å². The van der Waals surface area contributed by atoms with Crippen LogP contribution in [0.4, 0.5) is 0 Å². The molecule has 7 heteroatoms. The molecule has 4 rings (SSSR count). The fourth-order valence-electron chi connectivity index (χ4n) is 3.89. The Bertz CT molecular complexity index is 1000. The number of aromatic carboxylic acids is 1. The summed E-state index contributed by atoms with van der Waals surface area (Å²) in [6, 6.07) is 8.11. The summed E-state index contributed by atoms with van der Waals surface area (Å²) in [5.74, 6) is -0.886. The number of rotatable bonds is 4. The third-order valence-corrected chi connectivity index (χ3v) is 5.29. The van der Waals surface area contributed by atoms with Gasteiger partial charge in [-0.25, -0.2) is 4.79 Å². The number of amides is 1. The second-order valence-corrected chi connectivity index (χ2v) is 7.11. The summed E-state index contributed by atoms with van der Waals surface area (Å²) in [4.78, 5) is 25.8. The van der Waals surface area contributed by atoms with E-state index in [0.29, 0.717) is 13.0 Å². The summed E-state index contributed by atoms with van der Waals surface area (Å²) in [6.07, 6.45) is 7.07. The highest BCUT2D eigenvalue weighted by Crippen LogP contribution is 2.24. The van der Waals surface area contributed by atoms with Crippen LogP contribution >= 0.6 is 0 Å². The van der Waals surface area contributed by atoms with E-state index >= 15 is 0 Å². The second kappa shape index (κ2) is 6.90. The number of hydrogen-bond donors (Lipinski definition) is 1. The molecule has 0 bridgehead atoms. The molecule has 3 heterocycles. The Balaban J connectivity index is 1.49. The molecule has 0 radical (unpaired) electrons. The van der Waals surface area contributed by atoms with E-state index in [1.807, 2.05) is 40.9 Å². The number of para-hydroxylation sites is 1. The number of aromatic nitrogens is 3. The van der Waals surface area contributed by atoms with E-state index in [1.165, 1.54) is 6.20 Å². The van der Waals surface area contributed by atoms with Crippen molar-refractivity contribution in [2.24, 2.45) is 7.05 Å². The van der Waals surface area contributed by atoms with Crippen molar-refractivity contribution in [1.29, 1.82) is 0 Å². The van der Waals surface area contributed by atoms with Gasteiger partial charge in [-0.15, -0.1) is 0 Å². The van der Waals surface area contributed by atoms with Crippen LogP contribution in [-0.4, -0.2) is 49.3 Å². The molecule has 140 valence electrons. The van der Waals surface area contributed by atoms with Gasteiger partial charge in [-0.05, 0) is 24.5 Å². The summed E-state index contributed by atoms with van der Waals surface area (Å²) in [7, 11) is 1.99. The number of benzene rings is 1. The summed E-state index contributed by atoms with van der Waals surface area (Å²) < 4.78 is 3.73. The van der Waals surface area contributed by atoms with Crippen LogP contribution in [-0.2, 0) is 18.3 Å². The first-order valence-corrected chi connectivity index (χ1v) is 9.11. The zero-order valence-corrected chi connectivity index (χ0v) is 15.2. The molecule has 1 aromatic carbocycles. The first kappa shape index (κ1) is 17.3. The van der Waals surface area contributed by atoms with Gasteiger partial charge in [-0.2, -0.15) is 5.10 Å². The fourth-order valence-corrected chi connectivity index (χ4v) is 3.89. The number of piperidine rings is 1. The maximum atomic E-state index is 12.9. The number of nitrogens with zero attached hydrogens (tertiary/aromatic N) is 4. The van der Waals surface area contributed by atoms with E-state index in [4.69, 9.17) is 5.11 Å². The number of fused-ring (bicyclic) bond motifs is 1. The molecule has 1 aliphatic heterocycles. The maximum absolute atomic E-state index is 12.9. The molecular formula is C20H22N4O3. The van der Waals surface area contributed by atoms with Gasteiger partial charge in [0.15, 0.2) is 0 Å². The first-order valence-electron chi connectivity index (χ1n) is 9.11. The highest BCUT2D eigenvalue weighted by Gasteiger charge is 2.26. The monoisotopic (exact) mass is 366 g/mol. The number of aryl methyl sites for hydroxylation is 1. The Labute approximate surface area is 156 Å². The van der Waals surface area contributed by atoms with Crippen molar-refractivity contribution in [3.8, 4) is 0 Å². The highest BCUT2D eigenvalue weighted by molar-refractivity contribution is 5.89. The van der Waals surface area contributed by atoms with Gasteiger partial charge >= 0.3 is 5.97 Å². The van der Waals surface area contributed by atoms with Crippen LogP contribution in [0.25, 0.3) is 10.9 Å². The van der Waals surface area contributed by atoms with Crippen molar-refractivity contribution in [3.63, 3.8) is 0 Å². The van der Waals surface area contributed by atoms with Gasteiger partial charge in [0.2, 0.25) is 5.91 Å². The maximum Gasteiger partial charge on any atom is 0.338 e. The van der Waals surface area contributed by atoms with Crippen molar-refractivity contribution in [2.45, 2.75) is 25.3 Å². The third kappa shape index (κ3) is 3.32. The molecule has 0 aliphatic carbocycles. The van der Waals surface area contributed by atoms with E-state index in [2.05, 4.69) is 11.2 Å². The predicted octanol–water partition coefficient (Wildman–Crippen LogP) is 2.48. The number of hydrogen-bond acceptors (Lipinski definition) is 3. The number of likely N-dealkylation sites (tertiary alicyclic amines) is 1. The molecule has 0 saturated carbocycles. The SMILES string of the molecule is Cn1cc(CC(=O)N2CCC[C@@H](n3cc(C(=O)O)cn3)C2)c2ccccc21. The first-order chi connectivity index (χ1) is 13.0. The fraction of sp³-hybridized carbons (Fsp3) is 0.350. The zero-order valence-electron chi connectivity index (χ0n) is 15.2. The van der Waals surface area contributed by atoms with Crippen molar-refractivity contribution in [2.75, 3.05) is 13.1 Å². The second-order valence-electron chi connectivity index (χ2n) is 7.11.